The van der Waals surface area contributed by atoms with Gasteiger partial charge in [-0.2, -0.15) is 0 Å². The van der Waals surface area contributed by atoms with Crippen molar-refractivity contribution in [1.29, 1.82) is 0 Å². The second-order valence-corrected chi connectivity index (χ2v) is 5.49. The van der Waals surface area contributed by atoms with Gasteiger partial charge >= 0.3 is 0 Å². The molecule has 0 fully saturated rings. The Bertz CT molecular complexity index is 506. The topological polar surface area (TPSA) is 57.0 Å². The van der Waals surface area contributed by atoms with Gasteiger partial charge in [-0.1, -0.05) is 18.7 Å². The van der Waals surface area contributed by atoms with Crippen LogP contribution in [0.4, 0.5) is 0 Å². The van der Waals surface area contributed by atoms with Gasteiger partial charge in [0.25, 0.3) is 0 Å². The highest BCUT2D eigenvalue weighted by molar-refractivity contribution is 7.99. The van der Waals surface area contributed by atoms with Crippen LogP contribution in [0.25, 0.3) is 0 Å². The Labute approximate surface area is 112 Å². The van der Waals surface area contributed by atoms with E-state index in [9.17, 15) is 0 Å². The molecule has 5 heteroatoms. The molecule has 0 saturated carbocycles. The quantitative estimate of drug-likeness (QED) is 0.845. The van der Waals surface area contributed by atoms with Crippen LogP contribution >= 0.6 is 11.8 Å². The summed E-state index contributed by atoms with van der Waals surface area (Å²) in [6.45, 7) is 4.04. The summed E-state index contributed by atoms with van der Waals surface area (Å²) < 4.78 is 7.72. The van der Waals surface area contributed by atoms with Gasteiger partial charge in [-0.05, 0) is 25.5 Å². The monoisotopic (exact) mass is 265 g/mol. The van der Waals surface area contributed by atoms with Crippen molar-refractivity contribution in [1.82, 2.24) is 9.55 Å². The van der Waals surface area contributed by atoms with E-state index < -0.39 is 0 Å². The molecule has 0 amide bonds. The van der Waals surface area contributed by atoms with E-state index in [1.807, 2.05) is 36.9 Å². The van der Waals surface area contributed by atoms with Crippen molar-refractivity contribution in [3.05, 3.63) is 36.0 Å². The maximum Gasteiger partial charge on any atom is 0.168 e. The molecule has 4 nitrogen and oxygen atoms in total. The van der Waals surface area contributed by atoms with E-state index in [2.05, 4.69) is 11.9 Å². The van der Waals surface area contributed by atoms with Crippen LogP contribution in [0.1, 0.15) is 30.1 Å². The molecule has 0 aliphatic heterocycles. The van der Waals surface area contributed by atoms with Gasteiger partial charge in [0.15, 0.2) is 5.16 Å². The first-order chi connectivity index (χ1) is 8.61. The summed E-state index contributed by atoms with van der Waals surface area (Å²) in [5.41, 5.74) is 6.21. The Balaban J connectivity index is 2.23. The number of nitrogens with zero attached hydrogens (tertiary/aromatic N) is 2. The number of imidazole rings is 1. The van der Waals surface area contributed by atoms with Gasteiger partial charge in [-0.15, -0.1) is 0 Å². The van der Waals surface area contributed by atoms with E-state index in [4.69, 9.17) is 10.2 Å². The van der Waals surface area contributed by atoms with Gasteiger partial charge in [0.1, 0.15) is 11.5 Å². The summed E-state index contributed by atoms with van der Waals surface area (Å²) in [6, 6.07) is 4.03. The van der Waals surface area contributed by atoms with Crippen LogP contribution < -0.4 is 5.73 Å². The average Bonchev–Trinajstić information content (AvgIpc) is 2.94. The number of nitrogens with two attached hydrogens (primary N) is 1. The molecule has 2 heterocycles. The first-order valence-corrected chi connectivity index (χ1v) is 6.95. The van der Waals surface area contributed by atoms with Gasteiger partial charge < -0.3 is 14.7 Å². The predicted octanol–water partition coefficient (Wildman–Crippen LogP) is 2.89. The fourth-order valence-electron chi connectivity index (χ4n) is 1.76. The number of aryl methyl sites for hydroxylation is 2. The Morgan fingerprint density at radius 1 is 1.50 bits per heavy atom. The molecule has 0 aromatic carbocycles. The molecule has 98 valence electrons. The van der Waals surface area contributed by atoms with Crippen molar-refractivity contribution < 1.29 is 4.42 Å². The maximum atomic E-state index is 6.21. The molecule has 18 heavy (non-hydrogen) atoms. The normalized spacial score (nSPS) is 14.7. The first kappa shape index (κ1) is 13.2. The second kappa shape index (κ2) is 5.63. The largest absolute Gasteiger partial charge is 0.465 e. The van der Waals surface area contributed by atoms with Crippen molar-refractivity contribution in [2.24, 2.45) is 12.8 Å². The molecule has 0 saturated heterocycles. The predicted molar refractivity (Wildman–Crippen MR) is 73.5 cm³/mol. The number of hydrogen-bond acceptors (Lipinski definition) is 4. The van der Waals surface area contributed by atoms with Crippen LogP contribution in [0, 0.1) is 6.92 Å². The van der Waals surface area contributed by atoms with Crippen molar-refractivity contribution >= 4 is 11.8 Å². The lowest BCUT2D eigenvalue weighted by Gasteiger charge is -2.19. The van der Waals surface area contributed by atoms with Crippen LogP contribution in [-0.2, 0) is 7.05 Å². The van der Waals surface area contributed by atoms with Crippen LogP contribution in [0.15, 0.2) is 34.1 Å². The summed E-state index contributed by atoms with van der Waals surface area (Å²) in [5.74, 6) is 1.84. The molecule has 2 aromatic heterocycles. The third-order valence-electron chi connectivity index (χ3n) is 2.91. The van der Waals surface area contributed by atoms with Crippen molar-refractivity contribution in [2.75, 3.05) is 0 Å². The van der Waals surface area contributed by atoms with Crippen molar-refractivity contribution in [3.8, 4) is 0 Å². The SMILES string of the molecule is CCC(N)C(Sc1nccn1C)c1ccc(C)o1. The van der Waals surface area contributed by atoms with Gasteiger partial charge in [-0.25, -0.2) is 4.98 Å². The summed E-state index contributed by atoms with van der Waals surface area (Å²) in [4.78, 5) is 4.33. The molecule has 2 rings (SSSR count). The minimum Gasteiger partial charge on any atom is -0.465 e. The van der Waals surface area contributed by atoms with E-state index in [1.165, 1.54) is 0 Å². The van der Waals surface area contributed by atoms with E-state index in [-0.39, 0.29) is 11.3 Å². The zero-order valence-electron chi connectivity index (χ0n) is 11.0. The number of hydrogen-bond donors (Lipinski definition) is 1. The molecule has 0 bridgehead atoms. The molecule has 2 aromatic rings. The summed E-state index contributed by atoms with van der Waals surface area (Å²) in [7, 11) is 1.98. The van der Waals surface area contributed by atoms with Gasteiger partial charge in [0.05, 0.1) is 5.25 Å². The highest BCUT2D eigenvalue weighted by atomic mass is 32.2. The summed E-state index contributed by atoms with van der Waals surface area (Å²) >= 11 is 1.65. The molecule has 2 N–H and O–H groups in total. The Kier molecular flexibility index (Phi) is 4.14. The van der Waals surface area contributed by atoms with Crippen molar-refractivity contribution in [2.45, 2.75) is 36.7 Å². The van der Waals surface area contributed by atoms with Crippen LogP contribution in [0.5, 0.6) is 0 Å². The van der Waals surface area contributed by atoms with Gasteiger partial charge in [0.2, 0.25) is 0 Å². The van der Waals surface area contributed by atoms with Gasteiger partial charge in [0, 0.05) is 25.5 Å². The van der Waals surface area contributed by atoms with Gasteiger partial charge in [-0.3, -0.25) is 0 Å². The van der Waals surface area contributed by atoms with Crippen LogP contribution in [-0.4, -0.2) is 15.6 Å². The minimum absolute atomic E-state index is 0.0530. The number of furan rings is 1. The minimum atomic E-state index is 0.0530. The second-order valence-electron chi connectivity index (χ2n) is 4.38. The Morgan fingerprint density at radius 3 is 2.78 bits per heavy atom. The van der Waals surface area contributed by atoms with E-state index in [1.54, 1.807) is 18.0 Å². The first-order valence-electron chi connectivity index (χ1n) is 6.07. The molecular weight excluding hydrogens is 246 g/mol. The molecular formula is C13H19N3OS. The highest BCUT2D eigenvalue weighted by Gasteiger charge is 2.24. The van der Waals surface area contributed by atoms with E-state index in [0.717, 1.165) is 23.1 Å². The molecule has 0 radical (unpaired) electrons. The van der Waals surface area contributed by atoms with Crippen LogP contribution in [0.2, 0.25) is 0 Å². The Morgan fingerprint density at radius 2 is 2.28 bits per heavy atom. The standard InChI is InChI=1S/C13H19N3OS/c1-4-10(14)12(11-6-5-9(2)17-11)18-13-15-7-8-16(13)3/h5-8,10,12H,4,14H2,1-3H3. The van der Waals surface area contributed by atoms with E-state index >= 15 is 0 Å². The van der Waals surface area contributed by atoms with E-state index in [0.29, 0.717) is 0 Å². The number of aromatic nitrogens is 2. The third kappa shape index (κ3) is 2.79. The Hall–Kier alpha value is -1.20. The highest BCUT2D eigenvalue weighted by Crippen LogP contribution is 2.37. The average molecular weight is 265 g/mol. The zero-order chi connectivity index (χ0) is 13.1. The van der Waals surface area contributed by atoms with Crippen LogP contribution in [0.3, 0.4) is 0 Å². The fraction of sp³-hybridized carbons (Fsp3) is 0.462. The molecule has 2 unspecified atom stereocenters. The fourth-order valence-corrected chi connectivity index (χ4v) is 2.94. The summed E-state index contributed by atoms with van der Waals surface area (Å²) in [5, 5.41) is 1.06. The number of thioether (sulfide) groups is 1. The lowest BCUT2D eigenvalue weighted by molar-refractivity contribution is 0.454. The lowest BCUT2D eigenvalue weighted by atomic mass is 10.1. The summed E-state index contributed by atoms with van der Waals surface area (Å²) in [6.07, 6.45) is 4.64. The smallest absolute Gasteiger partial charge is 0.168 e. The lowest BCUT2D eigenvalue weighted by Crippen LogP contribution is -2.25. The molecule has 2 atom stereocenters. The van der Waals surface area contributed by atoms with Crippen molar-refractivity contribution in [3.63, 3.8) is 0 Å². The maximum absolute atomic E-state index is 6.21. The molecule has 0 spiro atoms. The molecule has 0 aliphatic rings. The zero-order valence-corrected chi connectivity index (χ0v) is 11.8. The molecule has 0 aliphatic carbocycles. The third-order valence-corrected chi connectivity index (χ3v) is 4.35. The number of rotatable bonds is 5.